The van der Waals surface area contributed by atoms with Crippen LogP contribution < -0.4 is 24.8 Å². The molecule has 0 aliphatic heterocycles. The van der Waals surface area contributed by atoms with Crippen LogP contribution in [-0.2, 0) is 25.8 Å². The summed E-state index contributed by atoms with van der Waals surface area (Å²) >= 11 is 0. The van der Waals surface area contributed by atoms with E-state index in [4.69, 9.17) is 0 Å². The molecule has 4 aromatic carbocycles. The average molecular weight is 564 g/mol. The van der Waals surface area contributed by atoms with Crippen molar-refractivity contribution in [2.45, 2.75) is 39.5 Å². The van der Waals surface area contributed by atoms with Crippen LogP contribution in [0.25, 0.3) is 21.5 Å². The summed E-state index contributed by atoms with van der Waals surface area (Å²) < 4.78 is 0. The van der Waals surface area contributed by atoms with Gasteiger partial charge in [-0.25, -0.2) is 0 Å². The first-order valence-electron chi connectivity index (χ1n) is 8.86. The third-order valence-corrected chi connectivity index (χ3v) is 4.67. The molecule has 0 aromatic heterocycles. The monoisotopic (exact) mass is 564 g/mol. The summed E-state index contributed by atoms with van der Waals surface area (Å²) in [6, 6.07) is 26.0. The maximum atomic E-state index is 2.24. The molecule has 140 valence electrons. The summed E-state index contributed by atoms with van der Waals surface area (Å²) in [5.41, 5.74) is 2.93. The van der Waals surface area contributed by atoms with Crippen LogP contribution in [0.2, 0.25) is 0 Å². The van der Waals surface area contributed by atoms with Crippen LogP contribution in [0.1, 0.15) is 50.7 Å². The van der Waals surface area contributed by atoms with E-state index in [-0.39, 0.29) is 50.7 Å². The Hall–Kier alpha value is -0.890. The van der Waals surface area contributed by atoms with E-state index in [2.05, 4.69) is 100 Å². The maximum absolute atomic E-state index is 2.24. The minimum absolute atomic E-state index is 0. The maximum Gasteiger partial charge on any atom is 4.00 e. The molecule has 4 rings (SSSR count). The van der Waals surface area contributed by atoms with E-state index in [0.29, 0.717) is 11.8 Å². The molecule has 3 heteroatoms. The fraction of sp³-hybridized carbons (Fsp3) is 0.250. The van der Waals surface area contributed by atoms with Gasteiger partial charge in [-0.3, -0.25) is 0 Å². The summed E-state index contributed by atoms with van der Waals surface area (Å²) in [5.74, 6) is 1.26. The average Bonchev–Trinajstić information content (AvgIpc) is 3.19. The van der Waals surface area contributed by atoms with Gasteiger partial charge in [-0.05, 0) is 0 Å². The van der Waals surface area contributed by atoms with Gasteiger partial charge in [-0.15, -0.1) is 81.2 Å². The minimum Gasteiger partial charge on any atom is -1.00 e. The van der Waals surface area contributed by atoms with Gasteiger partial charge < -0.3 is 24.8 Å². The fourth-order valence-electron chi connectivity index (χ4n) is 3.36. The molecular weight excluding hydrogens is 538 g/mol. The Morgan fingerprint density at radius 2 is 0.889 bits per heavy atom. The van der Waals surface area contributed by atoms with E-state index in [9.17, 15) is 0 Å². The van der Waals surface area contributed by atoms with Gasteiger partial charge in [0.05, 0.1) is 0 Å². The second-order valence-electron chi connectivity index (χ2n) is 7.06. The number of halogens is 2. The number of benzene rings is 2. The van der Waals surface area contributed by atoms with Gasteiger partial charge in [0.2, 0.25) is 0 Å². The number of hydrogen-bond donors (Lipinski definition) is 0. The van der Waals surface area contributed by atoms with E-state index in [1.807, 2.05) is 0 Å². The zero-order valence-corrected chi connectivity index (χ0v) is 21.4. The number of rotatable bonds is 2. The molecule has 0 saturated heterocycles. The summed E-state index contributed by atoms with van der Waals surface area (Å²) in [5, 5.41) is 5.54. The third kappa shape index (κ3) is 6.04. The standard InChI is InChI=1S/2C12H13.2ClH.Hf/c2*1-9(2)11-8-7-10-5-3-4-6-12(10)11;;;/h2*3-9H,1-2H3;2*1H;/q2*-1;;;+4/p-2. The Labute approximate surface area is 194 Å². The molecule has 0 saturated carbocycles. The third-order valence-electron chi connectivity index (χ3n) is 4.67. The molecule has 0 nitrogen and oxygen atoms in total. The molecule has 0 spiro atoms. The molecular formula is C24H26Cl2Hf. The number of hydrogen-bond acceptors (Lipinski definition) is 0. The van der Waals surface area contributed by atoms with Crippen LogP contribution in [0, 0.1) is 0 Å². The summed E-state index contributed by atoms with van der Waals surface area (Å²) in [4.78, 5) is 0. The second kappa shape index (κ2) is 11.8. The van der Waals surface area contributed by atoms with E-state index >= 15 is 0 Å². The van der Waals surface area contributed by atoms with Gasteiger partial charge >= 0.3 is 25.8 Å². The van der Waals surface area contributed by atoms with Crippen molar-refractivity contribution in [1.29, 1.82) is 0 Å². The Morgan fingerprint density at radius 1 is 0.556 bits per heavy atom. The molecule has 27 heavy (non-hydrogen) atoms. The van der Waals surface area contributed by atoms with Gasteiger partial charge in [0.1, 0.15) is 0 Å². The second-order valence-corrected chi connectivity index (χ2v) is 7.06. The topological polar surface area (TPSA) is 0 Å². The molecule has 0 aliphatic rings. The van der Waals surface area contributed by atoms with Crippen molar-refractivity contribution >= 4 is 21.5 Å². The van der Waals surface area contributed by atoms with Gasteiger partial charge in [-0.1, -0.05) is 51.7 Å². The Morgan fingerprint density at radius 3 is 1.22 bits per heavy atom. The van der Waals surface area contributed by atoms with E-state index < -0.39 is 0 Å². The van der Waals surface area contributed by atoms with Crippen LogP contribution in [-0.4, -0.2) is 0 Å². The van der Waals surface area contributed by atoms with Crippen LogP contribution in [0.3, 0.4) is 0 Å². The zero-order valence-electron chi connectivity index (χ0n) is 16.3. The van der Waals surface area contributed by atoms with Gasteiger partial charge in [0.15, 0.2) is 0 Å². The van der Waals surface area contributed by atoms with Crippen molar-refractivity contribution in [1.82, 2.24) is 0 Å². The molecule has 0 N–H and O–H groups in total. The van der Waals surface area contributed by atoms with E-state index in [1.165, 1.54) is 32.7 Å². The van der Waals surface area contributed by atoms with Crippen LogP contribution in [0.15, 0.2) is 72.8 Å². The van der Waals surface area contributed by atoms with Crippen molar-refractivity contribution in [3.05, 3.63) is 83.9 Å². The predicted molar refractivity (Wildman–Crippen MR) is 107 cm³/mol. The normalized spacial score (nSPS) is 10.0. The first kappa shape index (κ1) is 26.1. The van der Waals surface area contributed by atoms with Crippen molar-refractivity contribution < 1.29 is 50.7 Å². The molecule has 0 aliphatic carbocycles. The van der Waals surface area contributed by atoms with E-state index in [1.54, 1.807) is 0 Å². The Balaban J connectivity index is 0.000000451. The van der Waals surface area contributed by atoms with Crippen molar-refractivity contribution in [2.24, 2.45) is 0 Å². The predicted octanol–water partition coefficient (Wildman–Crippen LogP) is 1.37. The smallest absolute Gasteiger partial charge is 1.00 e. The Bertz CT molecular complexity index is 854. The van der Waals surface area contributed by atoms with Crippen molar-refractivity contribution in [3.63, 3.8) is 0 Å². The molecule has 4 aromatic rings. The fourth-order valence-corrected chi connectivity index (χ4v) is 3.36. The molecule has 0 bridgehead atoms. The molecule has 0 amide bonds. The Kier molecular flexibility index (Phi) is 11.5. The zero-order chi connectivity index (χ0) is 17.1. The van der Waals surface area contributed by atoms with E-state index in [0.717, 1.165) is 0 Å². The van der Waals surface area contributed by atoms with Crippen LogP contribution >= 0.6 is 0 Å². The van der Waals surface area contributed by atoms with Crippen LogP contribution in [0.5, 0.6) is 0 Å². The van der Waals surface area contributed by atoms with Gasteiger partial charge in [0.25, 0.3) is 0 Å². The van der Waals surface area contributed by atoms with Crippen LogP contribution in [0.4, 0.5) is 0 Å². The minimum atomic E-state index is 0. The van der Waals surface area contributed by atoms with Gasteiger partial charge in [0, 0.05) is 0 Å². The largest absolute Gasteiger partial charge is 4.00 e. The molecule has 0 unspecified atom stereocenters. The number of fused-ring (bicyclic) bond motifs is 2. The van der Waals surface area contributed by atoms with Gasteiger partial charge in [-0.2, -0.15) is 12.1 Å². The van der Waals surface area contributed by atoms with Crippen molar-refractivity contribution in [2.75, 3.05) is 0 Å². The first-order valence-corrected chi connectivity index (χ1v) is 8.86. The molecule has 0 radical (unpaired) electrons. The molecule has 0 fully saturated rings. The van der Waals surface area contributed by atoms with Crippen molar-refractivity contribution in [3.8, 4) is 0 Å². The SMILES string of the molecule is CC(C)[c-]1ccc2ccccc21.CC(C)[c-]1ccc2ccccc21.[Cl-].[Cl-].[Hf+4]. The molecule has 0 heterocycles. The quantitative estimate of drug-likeness (QED) is 0.255. The summed E-state index contributed by atoms with van der Waals surface area (Å²) in [6.45, 7) is 8.95. The first-order chi connectivity index (χ1) is 11.6. The summed E-state index contributed by atoms with van der Waals surface area (Å²) in [7, 11) is 0. The summed E-state index contributed by atoms with van der Waals surface area (Å²) in [6.07, 6.45) is 0. The molecule has 0 atom stereocenters.